The highest BCUT2D eigenvalue weighted by molar-refractivity contribution is 7.83. The molecule has 21 heavy (non-hydrogen) atoms. The molecule has 2 rings (SSSR count). The Balaban J connectivity index is 2.10. The number of amides is 1. The molecule has 1 saturated heterocycles. The number of nitrogens with zero attached hydrogens (tertiary/aromatic N) is 1. The van der Waals surface area contributed by atoms with E-state index >= 15 is 0 Å². The molecule has 114 valence electrons. The van der Waals surface area contributed by atoms with Gasteiger partial charge >= 0.3 is 0 Å². The van der Waals surface area contributed by atoms with Gasteiger partial charge in [-0.2, -0.15) is 0 Å². The molecule has 1 aliphatic rings. The number of anilines is 1. The molecule has 0 aromatic heterocycles. The standard InChI is InChI=1S/C15H19ClN2O2S/c1-3-7-18-8-6-13(15(18)19)17-14-9-11(10-21(2)20)4-5-12(14)16/h3-5,9,13,17H,1,6-8,10H2,2H3. The van der Waals surface area contributed by atoms with Gasteiger partial charge in [-0.05, 0) is 24.1 Å². The normalized spacial score (nSPS) is 19.6. The number of carbonyl (C=O) groups is 1. The molecule has 0 saturated carbocycles. The van der Waals surface area contributed by atoms with Gasteiger partial charge in [-0.1, -0.05) is 23.7 Å². The number of likely N-dealkylation sites (tertiary alicyclic amines) is 1. The largest absolute Gasteiger partial charge is 0.372 e. The average molecular weight is 327 g/mol. The van der Waals surface area contributed by atoms with Crippen molar-refractivity contribution < 1.29 is 9.00 Å². The molecule has 4 nitrogen and oxygen atoms in total. The third-order valence-corrected chi connectivity index (χ3v) is 4.45. The Kier molecular flexibility index (Phi) is 5.42. The summed E-state index contributed by atoms with van der Waals surface area (Å²) in [7, 11) is -0.908. The molecule has 1 amide bonds. The van der Waals surface area contributed by atoms with Crippen molar-refractivity contribution in [1.29, 1.82) is 0 Å². The van der Waals surface area contributed by atoms with Crippen LogP contribution in [0.3, 0.4) is 0 Å². The second kappa shape index (κ2) is 7.09. The minimum atomic E-state index is -0.908. The number of hydrogen-bond donors (Lipinski definition) is 1. The van der Waals surface area contributed by atoms with Crippen molar-refractivity contribution >= 4 is 34.0 Å². The second-order valence-electron chi connectivity index (χ2n) is 5.09. The zero-order chi connectivity index (χ0) is 15.4. The molecule has 0 bridgehead atoms. The topological polar surface area (TPSA) is 49.4 Å². The van der Waals surface area contributed by atoms with E-state index in [0.29, 0.717) is 17.3 Å². The summed E-state index contributed by atoms with van der Waals surface area (Å²) in [4.78, 5) is 14.0. The average Bonchev–Trinajstić information content (AvgIpc) is 2.75. The summed E-state index contributed by atoms with van der Waals surface area (Å²) < 4.78 is 11.3. The van der Waals surface area contributed by atoms with Crippen LogP contribution in [0, 0.1) is 0 Å². The SMILES string of the molecule is C=CCN1CCC(Nc2cc(CS(C)=O)ccc2Cl)C1=O. The zero-order valence-electron chi connectivity index (χ0n) is 12.0. The van der Waals surface area contributed by atoms with Crippen LogP contribution >= 0.6 is 11.6 Å². The lowest BCUT2D eigenvalue weighted by Gasteiger charge is -2.17. The Morgan fingerprint density at radius 1 is 1.57 bits per heavy atom. The van der Waals surface area contributed by atoms with E-state index < -0.39 is 10.8 Å². The highest BCUT2D eigenvalue weighted by Crippen LogP contribution is 2.26. The first-order chi connectivity index (χ1) is 10.0. The molecule has 0 spiro atoms. The van der Waals surface area contributed by atoms with Crippen LogP contribution in [0.1, 0.15) is 12.0 Å². The molecule has 2 atom stereocenters. The van der Waals surface area contributed by atoms with Crippen LogP contribution in [-0.2, 0) is 21.3 Å². The van der Waals surface area contributed by atoms with Gasteiger partial charge in [-0.15, -0.1) is 6.58 Å². The minimum absolute atomic E-state index is 0.0652. The Labute approximate surface area is 132 Å². The molecule has 2 unspecified atom stereocenters. The van der Waals surface area contributed by atoms with Crippen LogP contribution in [0.4, 0.5) is 5.69 Å². The molecule has 1 aliphatic heterocycles. The number of hydrogen-bond acceptors (Lipinski definition) is 3. The first kappa shape index (κ1) is 16.0. The molecule has 1 fully saturated rings. The van der Waals surface area contributed by atoms with Gasteiger partial charge in [-0.25, -0.2) is 0 Å². The molecule has 1 N–H and O–H groups in total. The predicted octanol–water partition coefficient (Wildman–Crippen LogP) is 2.42. The van der Waals surface area contributed by atoms with Gasteiger partial charge in [0.15, 0.2) is 0 Å². The second-order valence-corrected chi connectivity index (χ2v) is 6.93. The first-order valence-electron chi connectivity index (χ1n) is 6.76. The molecular weight excluding hydrogens is 308 g/mol. The maximum atomic E-state index is 12.2. The van der Waals surface area contributed by atoms with Crippen LogP contribution in [-0.4, -0.2) is 40.4 Å². The Morgan fingerprint density at radius 2 is 2.33 bits per heavy atom. The molecule has 6 heteroatoms. The summed E-state index contributed by atoms with van der Waals surface area (Å²) in [6.45, 7) is 4.95. The summed E-state index contributed by atoms with van der Waals surface area (Å²) in [5.41, 5.74) is 1.66. The summed E-state index contributed by atoms with van der Waals surface area (Å²) in [6, 6.07) is 5.24. The lowest BCUT2D eigenvalue weighted by Crippen LogP contribution is -2.33. The molecule has 1 aromatic carbocycles. The Hall–Kier alpha value is -1.33. The van der Waals surface area contributed by atoms with Crippen LogP contribution in [0.25, 0.3) is 0 Å². The zero-order valence-corrected chi connectivity index (χ0v) is 13.5. The van der Waals surface area contributed by atoms with Gasteiger partial charge in [0.2, 0.25) is 5.91 Å². The Morgan fingerprint density at radius 3 is 3.00 bits per heavy atom. The van der Waals surface area contributed by atoms with Crippen LogP contribution < -0.4 is 5.32 Å². The Bertz CT molecular complexity index is 577. The monoisotopic (exact) mass is 326 g/mol. The summed E-state index contributed by atoms with van der Waals surface area (Å²) in [5.74, 6) is 0.544. The first-order valence-corrected chi connectivity index (χ1v) is 8.86. The van der Waals surface area contributed by atoms with E-state index in [9.17, 15) is 9.00 Å². The number of halogens is 1. The number of rotatable bonds is 6. The summed E-state index contributed by atoms with van der Waals surface area (Å²) >= 11 is 6.18. The predicted molar refractivity (Wildman–Crippen MR) is 88.0 cm³/mol. The van der Waals surface area contributed by atoms with E-state index in [1.165, 1.54) is 0 Å². The molecule has 1 aromatic rings. The van der Waals surface area contributed by atoms with Gasteiger partial charge in [0.1, 0.15) is 6.04 Å². The third kappa shape index (κ3) is 4.08. The fourth-order valence-corrected chi connectivity index (χ4v) is 3.23. The van der Waals surface area contributed by atoms with E-state index in [0.717, 1.165) is 24.2 Å². The summed E-state index contributed by atoms with van der Waals surface area (Å²) in [5, 5.41) is 3.77. The van der Waals surface area contributed by atoms with E-state index in [1.54, 1.807) is 23.3 Å². The minimum Gasteiger partial charge on any atom is -0.372 e. The van der Waals surface area contributed by atoms with Crippen LogP contribution in [0.2, 0.25) is 5.02 Å². The molecule has 0 radical (unpaired) electrons. The number of benzene rings is 1. The van der Waals surface area contributed by atoms with Crippen molar-refractivity contribution in [3.8, 4) is 0 Å². The molecular formula is C15H19ClN2O2S. The van der Waals surface area contributed by atoms with Crippen molar-refractivity contribution in [1.82, 2.24) is 4.90 Å². The smallest absolute Gasteiger partial charge is 0.245 e. The number of nitrogens with one attached hydrogen (secondary N) is 1. The highest BCUT2D eigenvalue weighted by Gasteiger charge is 2.30. The lowest BCUT2D eigenvalue weighted by molar-refractivity contribution is -0.127. The van der Waals surface area contributed by atoms with E-state index in [2.05, 4.69) is 11.9 Å². The fraction of sp³-hybridized carbons (Fsp3) is 0.400. The van der Waals surface area contributed by atoms with E-state index in [-0.39, 0.29) is 11.9 Å². The third-order valence-electron chi connectivity index (χ3n) is 3.38. The van der Waals surface area contributed by atoms with Crippen molar-refractivity contribution in [2.75, 3.05) is 24.7 Å². The fourth-order valence-electron chi connectivity index (χ4n) is 2.41. The van der Waals surface area contributed by atoms with Gasteiger partial charge < -0.3 is 10.2 Å². The van der Waals surface area contributed by atoms with Gasteiger partial charge in [0.25, 0.3) is 0 Å². The van der Waals surface area contributed by atoms with Gasteiger partial charge in [-0.3, -0.25) is 9.00 Å². The maximum absolute atomic E-state index is 12.2. The van der Waals surface area contributed by atoms with Gasteiger partial charge in [0, 0.05) is 35.9 Å². The maximum Gasteiger partial charge on any atom is 0.245 e. The highest BCUT2D eigenvalue weighted by atomic mass is 35.5. The molecule has 1 heterocycles. The lowest BCUT2D eigenvalue weighted by atomic mass is 10.2. The van der Waals surface area contributed by atoms with E-state index in [4.69, 9.17) is 11.6 Å². The van der Waals surface area contributed by atoms with Crippen molar-refractivity contribution in [3.05, 3.63) is 41.4 Å². The van der Waals surface area contributed by atoms with Gasteiger partial charge in [0.05, 0.1) is 10.7 Å². The van der Waals surface area contributed by atoms with Crippen molar-refractivity contribution in [2.45, 2.75) is 18.2 Å². The van der Waals surface area contributed by atoms with Crippen molar-refractivity contribution in [3.63, 3.8) is 0 Å². The quantitative estimate of drug-likeness (QED) is 0.817. The van der Waals surface area contributed by atoms with Crippen LogP contribution in [0.5, 0.6) is 0 Å². The summed E-state index contributed by atoms with van der Waals surface area (Å²) in [6.07, 6.45) is 4.13. The van der Waals surface area contributed by atoms with E-state index in [1.807, 2.05) is 12.1 Å². The van der Waals surface area contributed by atoms with Crippen LogP contribution in [0.15, 0.2) is 30.9 Å². The molecule has 0 aliphatic carbocycles. The van der Waals surface area contributed by atoms with Crippen molar-refractivity contribution in [2.24, 2.45) is 0 Å². The number of carbonyl (C=O) groups excluding carboxylic acids is 1.